The van der Waals surface area contributed by atoms with Crippen molar-refractivity contribution in [1.82, 2.24) is 24.7 Å². The molecule has 35 heavy (non-hydrogen) atoms. The second-order valence-corrected chi connectivity index (χ2v) is 7.72. The number of nitrogens with zero attached hydrogens (tertiary/aromatic N) is 5. The minimum absolute atomic E-state index is 0.248. The molecule has 0 aliphatic heterocycles. The highest BCUT2D eigenvalue weighted by atomic mass is 19.4. The quantitative estimate of drug-likeness (QED) is 0.229. The zero-order valence-electron chi connectivity index (χ0n) is 18.1. The molecule has 4 aromatic heterocycles. The molecule has 0 saturated carbocycles. The van der Waals surface area contributed by atoms with Gasteiger partial charge in [-0.2, -0.15) is 22.7 Å². The third-order valence-corrected chi connectivity index (χ3v) is 5.39. The molecular formula is C26H17F4N5. The highest BCUT2D eigenvalue weighted by molar-refractivity contribution is 5.58. The molecule has 0 N–H and O–H groups in total. The van der Waals surface area contributed by atoms with E-state index in [0.717, 1.165) is 16.3 Å². The Morgan fingerprint density at radius 2 is 1.49 bits per heavy atom. The molecule has 0 amide bonds. The molecule has 0 aliphatic rings. The number of rotatable bonds is 5. The predicted octanol–water partition coefficient (Wildman–Crippen LogP) is 6.06. The first-order valence-corrected chi connectivity index (χ1v) is 10.6. The van der Waals surface area contributed by atoms with Gasteiger partial charge in [-0.25, -0.2) is 14.6 Å². The lowest BCUT2D eigenvalue weighted by molar-refractivity contribution is -0.141. The number of hydrogen-bond donors (Lipinski definition) is 0. The number of halogens is 4. The van der Waals surface area contributed by atoms with Crippen LogP contribution in [0.15, 0.2) is 97.3 Å². The van der Waals surface area contributed by atoms with Gasteiger partial charge in [-0.3, -0.25) is 4.98 Å². The Balaban J connectivity index is 1.59. The van der Waals surface area contributed by atoms with Crippen molar-refractivity contribution in [2.24, 2.45) is 0 Å². The number of benzene rings is 1. The molecule has 5 nitrogen and oxygen atoms in total. The molecule has 9 heteroatoms. The van der Waals surface area contributed by atoms with E-state index in [2.05, 4.69) is 15.1 Å². The van der Waals surface area contributed by atoms with Crippen LogP contribution in [-0.4, -0.2) is 24.7 Å². The molecule has 0 saturated heterocycles. The summed E-state index contributed by atoms with van der Waals surface area (Å²) in [5.74, 6) is -0.750. The van der Waals surface area contributed by atoms with Gasteiger partial charge >= 0.3 is 6.18 Å². The third kappa shape index (κ3) is 4.79. The Morgan fingerprint density at radius 3 is 2.17 bits per heavy atom. The summed E-state index contributed by atoms with van der Waals surface area (Å²) in [6.45, 7) is 0. The summed E-state index contributed by atoms with van der Waals surface area (Å²) in [4.78, 5) is 13.1. The van der Waals surface area contributed by atoms with Crippen LogP contribution in [0, 0.1) is 5.95 Å². The van der Waals surface area contributed by atoms with Crippen molar-refractivity contribution in [1.29, 1.82) is 0 Å². The molecule has 174 valence electrons. The molecule has 0 fully saturated rings. The van der Waals surface area contributed by atoms with E-state index in [1.54, 1.807) is 30.3 Å². The summed E-state index contributed by atoms with van der Waals surface area (Å²) in [5, 5.41) is 3.63. The molecule has 0 bridgehead atoms. The van der Waals surface area contributed by atoms with Gasteiger partial charge in [0.2, 0.25) is 5.95 Å². The Morgan fingerprint density at radius 1 is 0.743 bits per heavy atom. The van der Waals surface area contributed by atoms with E-state index in [9.17, 15) is 17.6 Å². The zero-order chi connectivity index (χ0) is 24.4. The van der Waals surface area contributed by atoms with Crippen LogP contribution in [0.2, 0.25) is 0 Å². The summed E-state index contributed by atoms with van der Waals surface area (Å²) in [6.07, 6.45) is -1.91. The van der Waals surface area contributed by atoms with Crippen molar-refractivity contribution in [2.75, 3.05) is 0 Å². The van der Waals surface area contributed by atoms with Gasteiger partial charge in [0.15, 0.2) is 11.5 Å². The van der Waals surface area contributed by atoms with Gasteiger partial charge in [0, 0.05) is 18.0 Å². The molecule has 1 unspecified atom stereocenters. The SMILES string of the molecule is Fc1ccc(-c2cccc(C(c3ccccc3)c3cccc(-n4ccc(C(F)(F)F)n4)n3)n2)cn1. The van der Waals surface area contributed by atoms with Crippen molar-refractivity contribution in [3.05, 3.63) is 126 Å². The maximum Gasteiger partial charge on any atom is 0.435 e. The van der Waals surface area contributed by atoms with Crippen LogP contribution >= 0.6 is 0 Å². The molecule has 0 spiro atoms. The van der Waals surface area contributed by atoms with Gasteiger partial charge in [0.1, 0.15) is 0 Å². The van der Waals surface area contributed by atoms with Gasteiger partial charge in [-0.1, -0.05) is 42.5 Å². The summed E-state index contributed by atoms with van der Waals surface area (Å²) in [7, 11) is 0. The average Bonchev–Trinajstić information content (AvgIpc) is 3.37. The Bertz CT molecular complexity index is 1450. The smallest absolute Gasteiger partial charge is 0.252 e. The van der Waals surface area contributed by atoms with Gasteiger partial charge in [0.25, 0.3) is 0 Å². The minimum Gasteiger partial charge on any atom is -0.252 e. The molecule has 5 aromatic rings. The van der Waals surface area contributed by atoms with E-state index in [-0.39, 0.29) is 5.82 Å². The minimum atomic E-state index is -4.55. The fourth-order valence-corrected chi connectivity index (χ4v) is 3.77. The van der Waals surface area contributed by atoms with Crippen LogP contribution in [0.3, 0.4) is 0 Å². The Labute approximate surface area is 197 Å². The Hall–Kier alpha value is -4.40. The summed E-state index contributed by atoms with van der Waals surface area (Å²) < 4.78 is 53.5. The van der Waals surface area contributed by atoms with Crippen molar-refractivity contribution in [3.8, 4) is 17.1 Å². The van der Waals surface area contributed by atoms with E-state index in [0.29, 0.717) is 22.6 Å². The first kappa shape index (κ1) is 22.4. The van der Waals surface area contributed by atoms with Crippen LogP contribution in [0.1, 0.15) is 28.6 Å². The largest absolute Gasteiger partial charge is 0.435 e. The number of aromatic nitrogens is 5. The monoisotopic (exact) mass is 475 g/mol. The van der Waals surface area contributed by atoms with E-state index in [4.69, 9.17) is 4.98 Å². The third-order valence-electron chi connectivity index (χ3n) is 5.39. The average molecular weight is 475 g/mol. The topological polar surface area (TPSA) is 56.5 Å². The molecule has 0 radical (unpaired) electrons. The van der Waals surface area contributed by atoms with Gasteiger partial charge in [-0.15, -0.1) is 0 Å². The van der Waals surface area contributed by atoms with Crippen LogP contribution < -0.4 is 0 Å². The second kappa shape index (κ2) is 9.09. The molecule has 4 heterocycles. The lowest BCUT2D eigenvalue weighted by atomic mass is 9.91. The van der Waals surface area contributed by atoms with Crippen LogP contribution in [0.25, 0.3) is 17.1 Å². The normalized spacial score (nSPS) is 12.5. The summed E-state index contributed by atoms with van der Waals surface area (Å²) in [5.41, 5.74) is 2.41. The van der Waals surface area contributed by atoms with E-state index >= 15 is 0 Å². The lowest BCUT2D eigenvalue weighted by Gasteiger charge is -2.18. The first-order valence-electron chi connectivity index (χ1n) is 10.6. The fourth-order valence-electron chi connectivity index (χ4n) is 3.77. The van der Waals surface area contributed by atoms with Crippen LogP contribution in [0.5, 0.6) is 0 Å². The van der Waals surface area contributed by atoms with E-state index < -0.39 is 23.7 Å². The molecule has 1 aromatic carbocycles. The van der Waals surface area contributed by atoms with E-state index in [1.807, 2.05) is 42.5 Å². The van der Waals surface area contributed by atoms with Gasteiger partial charge in [-0.05, 0) is 48.0 Å². The van der Waals surface area contributed by atoms with Crippen molar-refractivity contribution < 1.29 is 17.6 Å². The van der Waals surface area contributed by atoms with E-state index in [1.165, 1.54) is 18.5 Å². The lowest BCUT2D eigenvalue weighted by Crippen LogP contribution is -2.11. The molecule has 5 rings (SSSR count). The highest BCUT2D eigenvalue weighted by Crippen LogP contribution is 2.32. The maximum absolute atomic E-state index is 13.3. The second-order valence-electron chi connectivity index (χ2n) is 7.72. The molecule has 0 aliphatic carbocycles. The van der Waals surface area contributed by atoms with Gasteiger partial charge < -0.3 is 0 Å². The fraction of sp³-hybridized carbons (Fsp3) is 0.0769. The van der Waals surface area contributed by atoms with Crippen molar-refractivity contribution in [2.45, 2.75) is 12.1 Å². The number of pyridine rings is 3. The Kier molecular flexibility index (Phi) is 5.82. The number of hydrogen-bond acceptors (Lipinski definition) is 4. The molecule has 1 atom stereocenters. The van der Waals surface area contributed by atoms with Crippen molar-refractivity contribution in [3.63, 3.8) is 0 Å². The van der Waals surface area contributed by atoms with Gasteiger partial charge in [0.05, 0.1) is 23.0 Å². The van der Waals surface area contributed by atoms with Crippen LogP contribution in [-0.2, 0) is 6.18 Å². The van der Waals surface area contributed by atoms with Crippen LogP contribution in [0.4, 0.5) is 17.6 Å². The standard InChI is InChI=1S/C26H17F4N5/c27-23-13-12-18(16-31-23)19-8-4-9-20(32-19)25(17-6-2-1-3-7-17)21-10-5-11-24(33-21)35-15-14-22(34-35)26(28,29)30/h1-16,25H. The molecular weight excluding hydrogens is 458 g/mol. The summed E-state index contributed by atoms with van der Waals surface area (Å²) in [6, 6.07) is 23.9. The zero-order valence-corrected chi connectivity index (χ0v) is 18.1. The predicted molar refractivity (Wildman–Crippen MR) is 121 cm³/mol. The van der Waals surface area contributed by atoms with Crippen molar-refractivity contribution >= 4 is 0 Å². The number of alkyl halides is 3. The summed E-state index contributed by atoms with van der Waals surface area (Å²) >= 11 is 0. The first-order chi connectivity index (χ1) is 16.9. The maximum atomic E-state index is 13.3. The highest BCUT2D eigenvalue weighted by Gasteiger charge is 2.33.